The van der Waals surface area contributed by atoms with Crippen molar-refractivity contribution in [2.24, 2.45) is 5.11 Å². The zero-order valence-electron chi connectivity index (χ0n) is 8.52. The summed E-state index contributed by atoms with van der Waals surface area (Å²) in [5.74, 6) is 0.631. The average Bonchev–Trinajstić information content (AvgIpc) is 2.72. The Balaban J connectivity index is 2.11. The number of hydrogen-bond donors (Lipinski definition) is 0. The van der Waals surface area contributed by atoms with E-state index >= 15 is 0 Å². The van der Waals surface area contributed by atoms with Crippen LogP contribution in [0.4, 0.5) is 4.39 Å². The van der Waals surface area contributed by atoms with Crippen molar-refractivity contribution in [1.29, 1.82) is 0 Å². The molecule has 6 heteroatoms. The number of fused-ring (bicyclic) bond motifs is 1. The van der Waals surface area contributed by atoms with Crippen molar-refractivity contribution in [1.82, 2.24) is 0 Å². The first-order chi connectivity index (χ1) is 7.81. The zero-order chi connectivity index (χ0) is 11.4. The van der Waals surface area contributed by atoms with E-state index in [1.54, 1.807) is 0 Å². The quantitative estimate of drug-likeness (QED) is 0.340. The Hall–Kier alpha value is -1.94. The summed E-state index contributed by atoms with van der Waals surface area (Å²) in [6.07, 6.45) is 0.694. The van der Waals surface area contributed by atoms with Gasteiger partial charge < -0.3 is 9.47 Å². The minimum Gasteiger partial charge on any atom is -0.489 e. The van der Waals surface area contributed by atoms with Gasteiger partial charge in [-0.05, 0) is 11.6 Å². The Bertz CT molecular complexity index is 444. The van der Waals surface area contributed by atoms with Crippen molar-refractivity contribution in [2.45, 2.75) is 6.42 Å². The molecule has 0 aliphatic carbocycles. The summed E-state index contributed by atoms with van der Waals surface area (Å²) in [5.41, 5.74) is 8.90. The SMILES string of the molecule is [N-]=[N+]=NCCOc1cc(F)cc2c1OCC2. The van der Waals surface area contributed by atoms with Crippen LogP contribution in [0.2, 0.25) is 0 Å². The first kappa shape index (κ1) is 10.6. The summed E-state index contributed by atoms with van der Waals surface area (Å²) in [7, 11) is 0. The highest BCUT2D eigenvalue weighted by molar-refractivity contribution is 5.49. The third-order valence-electron chi connectivity index (χ3n) is 2.23. The Labute approximate surface area is 91.4 Å². The number of azide groups is 1. The Morgan fingerprint density at radius 1 is 1.56 bits per heavy atom. The van der Waals surface area contributed by atoms with Gasteiger partial charge in [0.2, 0.25) is 0 Å². The molecule has 2 rings (SSSR count). The number of halogens is 1. The predicted octanol–water partition coefficient (Wildman–Crippen LogP) is 2.45. The second kappa shape index (κ2) is 4.72. The molecule has 16 heavy (non-hydrogen) atoms. The van der Waals surface area contributed by atoms with Crippen LogP contribution >= 0.6 is 0 Å². The van der Waals surface area contributed by atoms with Gasteiger partial charge in [-0.1, -0.05) is 5.11 Å². The summed E-state index contributed by atoms with van der Waals surface area (Å²) in [6, 6.07) is 2.73. The monoisotopic (exact) mass is 223 g/mol. The third-order valence-corrected chi connectivity index (χ3v) is 2.23. The smallest absolute Gasteiger partial charge is 0.164 e. The van der Waals surface area contributed by atoms with E-state index in [1.807, 2.05) is 0 Å². The standard InChI is InChI=1S/C10H10FN3O2/c11-8-5-7-1-3-16-10(7)9(6-8)15-4-2-13-14-12/h5-6H,1-4H2. The van der Waals surface area contributed by atoms with Gasteiger partial charge in [-0.2, -0.15) is 0 Å². The maximum atomic E-state index is 13.2. The maximum Gasteiger partial charge on any atom is 0.164 e. The third kappa shape index (κ3) is 2.17. The van der Waals surface area contributed by atoms with Crippen LogP contribution in [0.5, 0.6) is 11.5 Å². The normalized spacial score (nSPS) is 12.6. The van der Waals surface area contributed by atoms with Gasteiger partial charge in [0.05, 0.1) is 19.8 Å². The molecule has 1 heterocycles. The molecule has 0 radical (unpaired) electrons. The predicted molar refractivity (Wildman–Crippen MR) is 55.1 cm³/mol. The van der Waals surface area contributed by atoms with E-state index in [4.69, 9.17) is 15.0 Å². The Morgan fingerprint density at radius 3 is 3.25 bits per heavy atom. The van der Waals surface area contributed by atoms with Gasteiger partial charge in [0.1, 0.15) is 5.82 Å². The fourth-order valence-corrected chi connectivity index (χ4v) is 1.58. The van der Waals surface area contributed by atoms with E-state index in [0.29, 0.717) is 24.5 Å². The largest absolute Gasteiger partial charge is 0.489 e. The number of hydrogen-bond acceptors (Lipinski definition) is 3. The highest BCUT2D eigenvalue weighted by Crippen LogP contribution is 2.36. The van der Waals surface area contributed by atoms with Gasteiger partial charge in [0.25, 0.3) is 0 Å². The van der Waals surface area contributed by atoms with Crippen molar-refractivity contribution in [3.05, 3.63) is 34.0 Å². The van der Waals surface area contributed by atoms with E-state index in [9.17, 15) is 4.39 Å². The molecule has 0 unspecified atom stereocenters. The van der Waals surface area contributed by atoms with Gasteiger partial charge in [-0.15, -0.1) is 0 Å². The van der Waals surface area contributed by atoms with E-state index < -0.39 is 0 Å². The first-order valence-corrected chi connectivity index (χ1v) is 4.90. The lowest BCUT2D eigenvalue weighted by molar-refractivity contribution is 0.291. The maximum absolute atomic E-state index is 13.2. The van der Waals surface area contributed by atoms with Crippen molar-refractivity contribution in [3.8, 4) is 11.5 Å². The van der Waals surface area contributed by atoms with Crippen LogP contribution in [0.1, 0.15) is 5.56 Å². The van der Waals surface area contributed by atoms with Crippen LogP contribution in [0.3, 0.4) is 0 Å². The van der Waals surface area contributed by atoms with Crippen LogP contribution in [0, 0.1) is 5.82 Å². The summed E-state index contributed by atoms with van der Waals surface area (Å²) >= 11 is 0. The van der Waals surface area contributed by atoms with Crippen LogP contribution < -0.4 is 9.47 Å². The molecule has 1 aromatic rings. The van der Waals surface area contributed by atoms with Gasteiger partial charge in [-0.25, -0.2) is 4.39 Å². The molecule has 0 spiro atoms. The van der Waals surface area contributed by atoms with Crippen LogP contribution in [0.15, 0.2) is 17.2 Å². The van der Waals surface area contributed by atoms with Gasteiger partial charge in [0.15, 0.2) is 11.5 Å². The van der Waals surface area contributed by atoms with E-state index in [0.717, 1.165) is 5.56 Å². The highest BCUT2D eigenvalue weighted by Gasteiger charge is 2.18. The van der Waals surface area contributed by atoms with Gasteiger partial charge >= 0.3 is 0 Å². The van der Waals surface area contributed by atoms with Gasteiger partial charge in [0, 0.05) is 23.0 Å². The average molecular weight is 223 g/mol. The molecule has 1 aliphatic heterocycles. The molecule has 0 atom stereocenters. The molecular formula is C10H10FN3O2. The van der Waals surface area contributed by atoms with E-state index in [-0.39, 0.29) is 19.0 Å². The van der Waals surface area contributed by atoms with E-state index in [2.05, 4.69) is 10.0 Å². The van der Waals surface area contributed by atoms with Crippen molar-refractivity contribution < 1.29 is 13.9 Å². The summed E-state index contributed by atoms with van der Waals surface area (Å²) in [5, 5.41) is 3.32. The lowest BCUT2D eigenvalue weighted by Crippen LogP contribution is -2.02. The molecule has 0 fully saturated rings. The minimum absolute atomic E-state index is 0.210. The molecule has 0 bridgehead atoms. The van der Waals surface area contributed by atoms with Crippen molar-refractivity contribution in [2.75, 3.05) is 19.8 Å². The molecule has 1 aromatic carbocycles. The summed E-state index contributed by atoms with van der Waals surface area (Å²) < 4.78 is 23.8. The topological polar surface area (TPSA) is 67.2 Å². The number of nitrogens with zero attached hydrogens (tertiary/aromatic N) is 3. The molecule has 0 aromatic heterocycles. The highest BCUT2D eigenvalue weighted by atomic mass is 19.1. The fraction of sp³-hybridized carbons (Fsp3) is 0.400. The Kier molecular flexibility index (Phi) is 3.12. The molecule has 0 N–H and O–H groups in total. The zero-order valence-corrected chi connectivity index (χ0v) is 8.52. The Morgan fingerprint density at radius 2 is 2.44 bits per heavy atom. The lowest BCUT2D eigenvalue weighted by Gasteiger charge is -2.09. The van der Waals surface area contributed by atoms with Crippen LogP contribution in [0.25, 0.3) is 10.4 Å². The first-order valence-electron chi connectivity index (χ1n) is 4.90. The second-order valence-electron chi connectivity index (χ2n) is 3.29. The molecule has 1 aliphatic rings. The lowest BCUT2D eigenvalue weighted by atomic mass is 10.1. The number of ether oxygens (including phenoxy) is 2. The molecular weight excluding hydrogens is 213 g/mol. The van der Waals surface area contributed by atoms with Crippen LogP contribution in [-0.2, 0) is 6.42 Å². The minimum atomic E-state index is -0.344. The molecule has 84 valence electrons. The molecule has 5 nitrogen and oxygen atoms in total. The van der Waals surface area contributed by atoms with E-state index in [1.165, 1.54) is 12.1 Å². The molecule has 0 saturated heterocycles. The fourth-order valence-electron chi connectivity index (χ4n) is 1.58. The molecule has 0 amide bonds. The van der Waals surface area contributed by atoms with Crippen LogP contribution in [-0.4, -0.2) is 19.8 Å². The number of benzene rings is 1. The van der Waals surface area contributed by atoms with Crippen molar-refractivity contribution >= 4 is 0 Å². The summed E-state index contributed by atoms with van der Waals surface area (Å²) in [6.45, 7) is 0.969. The molecule has 0 saturated carbocycles. The summed E-state index contributed by atoms with van der Waals surface area (Å²) in [4.78, 5) is 2.60. The second-order valence-corrected chi connectivity index (χ2v) is 3.29. The van der Waals surface area contributed by atoms with Gasteiger partial charge in [-0.3, -0.25) is 0 Å². The van der Waals surface area contributed by atoms with Crippen molar-refractivity contribution in [3.63, 3.8) is 0 Å². The number of rotatable bonds is 4.